The highest BCUT2D eigenvalue weighted by Crippen LogP contribution is 2.25. The molecule has 17 heavy (non-hydrogen) atoms. The Balaban J connectivity index is 2.22. The van der Waals surface area contributed by atoms with E-state index in [-0.39, 0.29) is 12.4 Å². The summed E-state index contributed by atoms with van der Waals surface area (Å²) in [6.45, 7) is 0.0169. The Bertz CT molecular complexity index is 441. The van der Waals surface area contributed by atoms with E-state index < -0.39 is 24.5 Å². The maximum Gasteiger partial charge on any atom is 0.396 e. The lowest BCUT2D eigenvalue weighted by molar-refractivity contribution is -0.142. The Hall–Kier alpha value is -1.60. The predicted octanol–water partition coefficient (Wildman–Crippen LogP) is 1.03. The average Bonchev–Trinajstić information content (AvgIpc) is 2.58. The second-order valence-electron chi connectivity index (χ2n) is 4.01. The lowest BCUT2D eigenvalue weighted by Crippen LogP contribution is -2.28. The van der Waals surface area contributed by atoms with Crippen LogP contribution in [0.15, 0.2) is 0 Å². The minimum atomic E-state index is -4.36. The number of aliphatic carboxylic acids is 1. The van der Waals surface area contributed by atoms with Crippen molar-refractivity contribution >= 4 is 5.97 Å². The van der Waals surface area contributed by atoms with Crippen molar-refractivity contribution in [3.63, 3.8) is 0 Å². The van der Waals surface area contributed by atoms with Crippen LogP contribution in [-0.4, -0.2) is 32.0 Å². The summed E-state index contributed by atoms with van der Waals surface area (Å²) in [5, 5.41) is 16.0. The number of nitrogens with zero attached hydrogens (tertiary/aromatic N) is 3. The molecule has 1 aliphatic rings. The van der Waals surface area contributed by atoms with E-state index in [9.17, 15) is 18.0 Å². The van der Waals surface area contributed by atoms with Crippen molar-refractivity contribution in [2.24, 2.45) is 5.92 Å². The second kappa shape index (κ2) is 4.01. The third kappa shape index (κ3) is 2.56. The summed E-state index contributed by atoms with van der Waals surface area (Å²) in [5.74, 6) is -1.44. The molecule has 0 aromatic carbocycles. The number of aromatic nitrogens is 3. The van der Waals surface area contributed by atoms with Crippen molar-refractivity contribution < 1.29 is 23.1 Å². The summed E-state index contributed by atoms with van der Waals surface area (Å²) in [5.41, 5.74) is 0. The van der Waals surface area contributed by atoms with E-state index in [1.165, 1.54) is 4.57 Å². The van der Waals surface area contributed by atoms with E-state index >= 15 is 0 Å². The fraction of sp³-hybridized carbons (Fsp3) is 0.667. The van der Waals surface area contributed by atoms with Gasteiger partial charge in [0.1, 0.15) is 18.1 Å². The molecule has 1 aromatic heterocycles. The van der Waals surface area contributed by atoms with Gasteiger partial charge >= 0.3 is 12.1 Å². The third-order valence-corrected chi connectivity index (χ3v) is 2.73. The number of fused-ring (bicyclic) bond motifs is 1. The maximum absolute atomic E-state index is 12.2. The van der Waals surface area contributed by atoms with E-state index in [0.29, 0.717) is 18.7 Å². The highest BCUT2D eigenvalue weighted by atomic mass is 19.4. The van der Waals surface area contributed by atoms with Gasteiger partial charge in [-0.15, -0.1) is 10.2 Å². The first-order valence-corrected chi connectivity index (χ1v) is 5.07. The number of aryl methyl sites for hydroxylation is 1. The van der Waals surface area contributed by atoms with E-state index in [2.05, 4.69) is 10.2 Å². The van der Waals surface area contributed by atoms with Crippen molar-refractivity contribution in [3.05, 3.63) is 11.6 Å². The molecular weight excluding hydrogens is 239 g/mol. The molecule has 5 nitrogen and oxygen atoms in total. The molecule has 0 saturated carbocycles. The van der Waals surface area contributed by atoms with Crippen molar-refractivity contribution in [1.82, 2.24) is 14.8 Å². The molecule has 1 atom stereocenters. The molecule has 0 radical (unpaired) electrons. The van der Waals surface area contributed by atoms with Crippen LogP contribution in [-0.2, 0) is 24.2 Å². The standard InChI is InChI=1S/C9H10F3N3O2/c10-9(11,12)3-7-14-13-6-2-1-5(8(16)17)4-15(6)7/h5H,1-4H2,(H,16,17). The molecule has 0 aliphatic carbocycles. The zero-order valence-electron chi connectivity index (χ0n) is 8.74. The minimum Gasteiger partial charge on any atom is -0.481 e. The highest BCUT2D eigenvalue weighted by molar-refractivity contribution is 5.70. The van der Waals surface area contributed by atoms with Crippen molar-refractivity contribution in [1.29, 1.82) is 0 Å². The van der Waals surface area contributed by atoms with E-state index in [1.807, 2.05) is 0 Å². The summed E-state index contributed by atoms with van der Waals surface area (Å²) in [6, 6.07) is 0. The van der Waals surface area contributed by atoms with Gasteiger partial charge in [0.15, 0.2) is 0 Å². The van der Waals surface area contributed by atoms with Gasteiger partial charge in [0.25, 0.3) is 0 Å². The number of carboxylic acid groups (broad SMARTS) is 1. The molecule has 8 heteroatoms. The lowest BCUT2D eigenvalue weighted by Gasteiger charge is -2.21. The molecule has 0 bridgehead atoms. The first kappa shape index (κ1) is 11.9. The molecule has 1 aliphatic heterocycles. The Morgan fingerprint density at radius 1 is 1.47 bits per heavy atom. The number of rotatable bonds is 2. The summed E-state index contributed by atoms with van der Waals surface area (Å²) in [7, 11) is 0. The van der Waals surface area contributed by atoms with Gasteiger partial charge in [0.2, 0.25) is 0 Å². The van der Waals surface area contributed by atoms with Crippen molar-refractivity contribution in [2.75, 3.05) is 0 Å². The molecule has 0 saturated heterocycles. The quantitative estimate of drug-likeness (QED) is 0.850. The first-order valence-electron chi connectivity index (χ1n) is 5.07. The predicted molar refractivity (Wildman–Crippen MR) is 49.2 cm³/mol. The summed E-state index contributed by atoms with van der Waals surface area (Å²) < 4.78 is 38.0. The number of carboxylic acids is 1. The smallest absolute Gasteiger partial charge is 0.396 e. The molecule has 2 heterocycles. The Morgan fingerprint density at radius 3 is 2.76 bits per heavy atom. The van der Waals surface area contributed by atoms with Crippen LogP contribution in [0.5, 0.6) is 0 Å². The summed E-state index contributed by atoms with van der Waals surface area (Å²) in [4.78, 5) is 10.8. The summed E-state index contributed by atoms with van der Waals surface area (Å²) in [6.07, 6.45) is -4.80. The van der Waals surface area contributed by atoms with Crippen LogP contribution in [0.1, 0.15) is 18.1 Å². The normalized spacial score (nSPS) is 20.1. The van der Waals surface area contributed by atoms with E-state index in [0.717, 1.165) is 0 Å². The van der Waals surface area contributed by atoms with Gasteiger partial charge in [-0.05, 0) is 6.42 Å². The maximum atomic E-state index is 12.2. The number of hydrogen-bond donors (Lipinski definition) is 1. The zero-order valence-corrected chi connectivity index (χ0v) is 8.74. The molecule has 1 N–H and O–H groups in total. The number of halogens is 3. The Labute approximate surface area is 94.3 Å². The molecular formula is C9H10F3N3O2. The first-order chi connectivity index (χ1) is 7.87. The highest BCUT2D eigenvalue weighted by Gasteiger charge is 2.34. The molecule has 0 amide bonds. The molecule has 1 aromatic rings. The fourth-order valence-corrected chi connectivity index (χ4v) is 1.89. The van der Waals surface area contributed by atoms with Crippen LogP contribution in [0.2, 0.25) is 0 Å². The van der Waals surface area contributed by atoms with Crippen LogP contribution >= 0.6 is 0 Å². The van der Waals surface area contributed by atoms with Crippen LogP contribution in [0.3, 0.4) is 0 Å². The number of carbonyl (C=O) groups is 1. The topological polar surface area (TPSA) is 68.0 Å². The third-order valence-electron chi connectivity index (χ3n) is 2.73. The monoisotopic (exact) mass is 249 g/mol. The lowest BCUT2D eigenvalue weighted by atomic mass is 9.99. The van der Waals surface area contributed by atoms with Gasteiger partial charge in [0, 0.05) is 13.0 Å². The van der Waals surface area contributed by atoms with Gasteiger partial charge in [-0.25, -0.2) is 0 Å². The SMILES string of the molecule is O=C(O)C1CCc2nnc(CC(F)(F)F)n2C1. The van der Waals surface area contributed by atoms with Gasteiger partial charge < -0.3 is 9.67 Å². The van der Waals surface area contributed by atoms with E-state index in [4.69, 9.17) is 5.11 Å². The van der Waals surface area contributed by atoms with Gasteiger partial charge in [-0.3, -0.25) is 4.79 Å². The van der Waals surface area contributed by atoms with Crippen LogP contribution in [0.25, 0.3) is 0 Å². The largest absolute Gasteiger partial charge is 0.481 e. The Kier molecular flexibility index (Phi) is 2.80. The summed E-state index contributed by atoms with van der Waals surface area (Å²) >= 11 is 0. The molecule has 0 spiro atoms. The second-order valence-corrected chi connectivity index (χ2v) is 4.01. The molecule has 0 fully saturated rings. The van der Waals surface area contributed by atoms with E-state index in [1.54, 1.807) is 0 Å². The van der Waals surface area contributed by atoms with Gasteiger partial charge in [0.05, 0.1) is 5.92 Å². The van der Waals surface area contributed by atoms with Gasteiger partial charge in [-0.2, -0.15) is 13.2 Å². The molecule has 94 valence electrons. The van der Waals surface area contributed by atoms with Crippen molar-refractivity contribution in [2.45, 2.75) is 32.0 Å². The van der Waals surface area contributed by atoms with Crippen LogP contribution < -0.4 is 0 Å². The molecule has 2 rings (SSSR count). The number of hydrogen-bond acceptors (Lipinski definition) is 3. The Morgan fingerprint density at radius 2 is 2.18 bits per heavy atom. The van der Waals surface area contributed by atoms with Crippen molar-refractivity contribution in [3.8, 4) is 0 Å². The zero-order chi connectivity index (χ0) is 12.6. The van der Waals surface area contributed by atoms with Crippen LogP contribution in [0, 0.1) is 5.92 Å². The van der Waals surface area contributed by atoms with Crippen LogP contribution in [0.4, 0.5) is 13.2 Å². The van der Waals surface area contributed by atoms with Gasteiger partial charge in [-0.1, -0.05) is 0 Å². The fourth-order valence-electron chi connectivity index (χ4n) is 1.89. The minimum absolute atomic E-state index is 0.0169. The average molecular weight is 249 g/mol. The molecule has 1 unspecified atom stereocenters. The number of alkyl halides is 3.